The van der Waals surface area contributed by atoms with Crippen molar-refractivity contribution in [3.63, 3.8) is 0 Å². The van der Waals surface area contributed by atoms with Crippen LogP contribution in [0.15, 0.2) is 54.2 Å². The van der Waals surface area contributed by atoms with Gasteiger partial charge in [0.05, 0.1) is 11.7 Å². The van der Waals surface area contributed by atoms with Crippen molar-refractivity contribution in [1.82, 2.24) is 4.90 Å². The summed E-state index contributed by atoms with van der Waals surface area (Å²) < 4.78 is 19.2. The minimum Gasteiger partial charge on any atom is -0.491 e. The Hall–Kier alpha value is -3.15. The number of benzene rings is 2. The highest BCUT2D eigenvalue weighted by Crippen LogP contribution is 2.31. The molecule has 0 atom stereocenters. The predicted molar refractivity (Wildman–Crippen MR) is 106 cm³/mol. The average molecular weight is 382 g/mol. The summed E-state index contributed by atoms with van der Waals surface area (Å²) in [4.78, 5) is 27.0. The van der Waals surface area contributed by atoms with E-state index in [9.17, 15) is 14.0 Å². The van der Waals surface area contributed by atoms with Crippen LogP contribution in [-0.2, 0) is 9.59 Å². The number of nitrogens with zero attached hydrogens (tertiary/aromatic N) is 1. The Morgan fingerprint density at radius 1 is 1.07 bits per heavy atom. The van der Waals surface area contributed by atoms with Crippen LogP contribution in [0.25, 0.3) is 5.57 Å². The van der Waals surface area contributed by atoms with E-state index in [2.05, 4.69) is 5.32 Å². The molecular formula is C22H23FN2O3. The minimum atomic E-state index is -0.426. The van der Waals surface area contributed by atoms with E-state index in [4.69, 9.17) is 4.74 Å². The molecule has 0 unspecified atom stereocenters. The highest BCUT2D eigenvalue weighted by Gasteiger charge is 2.38. The van der Waals surface area contributed by atoms with Gasteiger partial charge in [0, 0.05) is 12.2 Å². The first kappa shape index (κ1) is 19.6. The molecule has 6 heteroatoms. The lowest BCUT2D eigenvalue weighted by atomic mass is 10.0. The third kappa shape index (κ3) is 4.06. The number of hydrogen-bond acceptors (Lipinski definition) is 4. The quantitative estimate of drug-likeness (QED) is 0.729. The molecular weight excluding hydrogens is 359 g/mol. The summed E-state index contributed by atoms with van der Waals surface area (Å²) in [6.07, 6.45) is 0.684. The number of ether oxygens (including phenoxy) is 1. The van der Waals surface area contributed by atoms with Gasteiger partial charge in [-0.15, -0.1) is 0 Å². The Kier molecular flexibility index (Phi) is 5.78. The molecule has 0 saturated heterocycles. The molecule has 1 N–H and O–H groups in total. The third-order valence-corrected chi connectivity index (χ3v) is 4.22. The summed E-state index contributed by atoms with van der Waals surface area (Å²) >= 11 is 0. The lowest BCUT2D eigenvalue weighted by molar-refractivity contribution is -0.136. The van der Waals surface area contributed by atoms with Gasteiger partial charge in [-0.1, -0.05) is 25.1 Å². The molecule has 28 heavy (non-hydrogen) atoms. The van der Waals surface area contributed by atoms with E-state index >= 15 is 0 Å². The molecule has 1 heterocycles. The number of imide groups is 1. The molecule has 0 radical (unpaired) electrons. The van der Waals surface area contributed by atoms with Crippen molar-refractivity contribution in [1.29, 1.82) is 0 Å². The molecule has 0 spiro atoms. The molecule has 0 aromatic heterocycles. The molecule has 1 aliphatic rings. The molecule has 146 valence electrons. The number of carbonyl (C=O) groups is 2. The second-order valence-electron chi connectivity index (χ2n) is 6.84. The first-order valence-corrected chi connectivity index (χ1v) is 9.31. The van der Waals surface area contributed by atoms with Crippen LogP contribution in [0.3, 0.4) is 0 Å². The largest absolute Gasteiger partial charge is 0.491 e. The highest BCUT2D eigenvalue weighted by atomic mass is 19.1. The van der Waals surface area contributed by atoms with Crippen LogP contribution >= 0.6 is 0 Å². The number of carbonyl (C=O) groups excluding carboxylic acids is 2. The van der Waals surface area contributed by atoms with Crippen LogP contribution in [0.1, 0.15) is 32.8 Å². The Labute approximate surface area is 163 Å². The second kappa shape index (κ2) is 8.25. The average Bonchev–Trinajstić information content (AvgIpc) is 2.87. The van der Waals surface area contributed by atoms with Crippen molar-refractivity contribution >= 4 is 23.1 Å². The lowest BCUT2D eigenvalue weighted by Crippen LogP contribution is -2.33. The van der Waals surface area contributed by atoms with Crippen molar-refractivity contribution in [2.45, 2.75) is 33.3 Å². The van der Waals surface area contributed by atoms with E-state index in [1.807, 2.05) is 20.8 Å². The molecule has 1 aliphatic heterocycles. The Morgan fingerprint density at radius 2 is 1.79 bits per heavy atom. The van der Waals surface area contributed by atoms with Crippen molar-refractivity contribution in [3.05, 3.63) is 65.6 Å². The Bertz CT molecular complexity index is 920. The first-order chi connectivity index (χ1) is 13.4. The molecule has 0 bridgehead atoms. The third-order valence-electron chi connectivity index (χ3n) is 4.22. The van der Waals surface area contributed by atoms with Gasteiger partial charge < -0.3 is 10.1 Å². The van der Waals surface area contributed by atoms with Crippen LogP contribution in [0.2, 0.25) is 0 Å². The second-order valence-corrected chi connectivity index (χ2v) is 6.84. The number of amides is 2. The van der Waals surface area contributed by atoms with E-state index in [1.54, 1.807) is 36.4 Å². The van der Waals surface area contributed by atoms with Gasteiger partial charge in [0.2, 0.25) is 0 Å². The van der Waals surface area contributed by atoms with Gasteiger partial charge in [0.25, 0.3) is 11.8 Å². The molecule has 2 amide bonds. The van der Waals surface area contributed by atoms with E-state index in [-0.39, 0.29) is 23.3 Å². The zero-order valence-electron chi connectivity index (χ0n) is 16.2. The number of nitrogens with one attached hydrogen (secondary N) is 1. The molecule has 2 aromatic rings. The zero-order valence-corrected chi connectivity index (χ0v) is 16.2. The Morgan fingerprint density at radius 3 is 2.39 bits per heavy atom. The summed E-state index contributed by atoms with van der Waals surface area (Å²) in [5, 5.41) is 2.94. The molecule has 0 saturated carbocycles. The molecule has 0 aliphatic carbocycles. The van der Waals surface area contributed by atoms with Crippen LogP contribution < -0.4 is 10.1 Å². The summed E-state index contributed by atoms with van der Waals surface area (Å²) in [5.74, 6) is -0.511. The van der Waals surface area contributed by atoms with Crippen molar-refractivity contribution < 1.29 is 18.7 Å². The smallest absolute Gasteiger partial charge is 0.278 e. The van der Waals surface area contributed by atoms with E-state index in [0.717, 1.165) is 0 Å². The summed E-state index contributed by atoms with van der Waals surface area (Å²) in [5.41, 5.74) is 1.44. The molecule has 3 rings (SSSR count). The topological polar surface area (TPSA) is 58.6 Å². The van der Waals surface area contributed by atoms with Gasteiger partial charge in [-0.3, -0.25) is 14.5 Å². The number of hydrogen-bond donors (Lipinski definition) is 1. The van der Waals surface area contributed by atoms with Crippen molar-refractivity contribution in [2.75, 3.05) is 11.9 Å². The maximum atomic E-state index is 13.5. The van der Waals surface area contributed by atoms with Crippen LogP contribution in [-0.4, -0.2) is 29.4 Å². The molecule has 2 aromatic carbocycles. The monoisotopic (exact) mass is 382 g/mol. The predicted octanol–water partition coefficient (Wildman–Crippen LogP) is 4.21. The lowest BCUT2D eigenvalue weighted by Gasteiger charge is -2.14. The van der Waals surface area contributed by atoms with Gasteiger partial charge in [0.15, 0.2) is 0 Å². The van der Waals surface area contributed by atoms with Crippen LogP contribution in [0.4, 0.5) is 10.1 Å². The minimum absolute atomic E-state index is 0.0324. The SMILES string of the molecule is CCCN1C(=O)C(Nc2cccc(F)c2)=C(c2ccc(OC(C)C)cc2)C1=O. The van der Waals surface area contributed by atoms with Gasteiger partial charge in [0.1, 0.15) is 17.3 Å². The van der Waals surface area contributed by atoms with Crippen molar-refractivity contribution in [3.8, 4) is 5.75 Å². The summed E-state index contributed by atoms with van der Waals surface area (Å²) in [7, 11) is 0. The van der Waals surface area contributed by atoms with Gasteiger partial charge in [-0.2, -0.15) is 0 Å². The maximum absolute atomic E-state index is 13.5. The first-order valence-electron chi connectivity index (χ1n) is 9.31. The van der Waals surface area contributed by atoms with Crippen LogP contribution in [0.5, 0.6) is 5.75 Å². The van der Waals surface area contributed by atoms with E-state index < -0.39 is 11.7 Å². The molecule has 0 fully saturated rings. The fourth-order valence-electron chi connectivity index (χ4n) is 3.07. The highest BCUT2D eigenvalue weighted by molar-refractivity contribution is 6.36. The summed E-state index contributed by atoms with van der Waals surface area (Å²) in [6, 6.07) is 12.8. The summed E-state index contributed by atoms with van der Waals surface area (Å²) in [6.45, 7) is 6.08. The van der Waals surface area contributed by atoms with E-state index in [0.29, 0.717) is 30.0 Å². The van der Waals surface area contributed by atoms with Crippen molar-refractivity contribution in [2.24, 2.45) is 0 Å². The van der Waals surface area contributed by atoms with Gasteiger partial charge in [-0.25, -0.2) is 4.39 Å². The van der Waals surface area contributed by atoms with Crippen LogP contribution in [0, 0.1) is 5.82 Å². The molecule has 5 nitrogen and oxygen atoms in total. The normalized spacial score (nSPS) is 14.2. The van der Waals surface area contributed by atoms with E-state index in [1.165, 1.54) is 17.0 Å². The fourth-order valence-corrected chi connectivity index (χ4v) is 3.07. The fraction of sp³-hybridized carbons (Fsp3) is 0.273. The number of anilines is 1. The van der Waals surface area contributed by atoms with Gasteiger partial charge >= 0.3 is 0 Å². The Balaban J connectivity index is 2.01. The number of rotatable bonds is 7. The standard InChI is InChI=1S/C22H23FN2O3/c1-4-12-25-21(26)19(15-8-10-18(11-9-15)28-14(2)3)20(22(25)27)24-17-7-5-6-16(23)13-17/h5-11,13-14,24H,4,12H2,1-3H3. The maximum Gasteiger partial charge on any atom is 0.278 e. The van der Waals surface area contributed by atoms with Gasteiger partial charge in [-0.05, 0) is 56.2 Å². The zero-order chi connectivity index (χ0) is 20.3. The number of halogens is 1.